The molecule has 0 aromatic heterocycles. The number of allylic oxidation sites excluding steroid dienone is 4. The smallest absolute Gasteiger partial charge is 0.253 e. The average molecular weight is 699 g/mol. The first kappa shape index (κ1) is 39.0. The van der Waals surface area contributed by atoms with Gasteiger partial charge in [-0.3, -0.25) is 19.2 Å². The molecule has 2 aliphatic carbocycles. The normalized spacial score (nSPS) is 13.0. The van der Waals surface area contributed by atoms with Crippen molar-refractivity contribution in [2.75, 3.05) is 23.7 Å². The highest BCUT2D eigenvalue weighted by Crippen LogP contribution is 2.43. The standard InChI is InChI=1S/C32H39N3O3S2.C7H7NO/c1-2-3-4-14-23-33-31(37)26-18-10-12-20-28(26)39-40-29-21-13-11-19-27(29)32(38)34-24-15-6-9-22-30(36)35-25-16-7-5-8-17-25;9-6-8-7-4-2-1-3-5-7/h5,7-8,10-11,16-19H,2-4,6,9,12,14-15,20,22-24H2,1H3,(H,33,37)(H,34,38)(H,35,36);1-6H,(H,8,9). The van der Waals surface area contributed by atoms with E-state index in [-0.39, 0.29) is 17.7 Å². The molecule has 0 spiro atoms. The number of hydrogen-bond donors (Lipinski definition) is 4. The Morgan fingerprint density at radius 1 is 0.816 bits per heavy atom. The van der Waals surface area contributed by atoms with E-state index in [4.69, 9.17) is 0 Å². The molecule has 0 heterocycles. The second-order valence-electron chi connectivity index (χ2n) is 11.2. The van der Waals surface area contributed by atoms with Crippen LogP contribution in [0.1, 0.15) is 71.1 Å². The molecule has 0 fully saturated rings. The molecule has 0 saturated heterocycles. The third kappa shape index (κ3) is 15.5. The summed E-state index contributed by atoms with van der Waals surface area (Å²) in [6.07, 6.45) is 17.1. The second-order valence-corrected chi connectivity index (χ2v) is 13.4. The van der Waals surface area contributed by atoms with E-state index < -0.39 is 0 Å². The van der Waals surface area contributed by atoms with Gasteiger partial charge in [0.25, 0.3) is 11.8 Å². The molecule has 8 nitrogen and oxygen atoms in total. The van der Waals surface area contributed by atoms with Gasteiger partial charge >= 0.3 is 0 Å². The molecule has 0 radical (unpaired) electrons. The molecular weight excluding hydrogens is 653 g/mol. The summed E-state index contributed by atoms with van der Waals surface area (Å²) >= 11 is 0. The van der Waals surface area contributed by atoms with E-state index in [1.807, 2.05) is 72.8 Å². The zero-order valence-corrected chi connectivity index (χ0v) is 29.7. The monoisotopic (exact) mass is 698 g/mol. The highest BCUT2D eigenvalue weighted by atomic mass is 33.1. The second kappa shape index (κ2) is 23.8. The van der Waals surface area contributed by atoms with Gasteiger partial charge in [-0.15, -0.1) is 0 Å². The molecule has 4 N–H and O–H groups in total. The van der Waals surface area contributed by atoms with Crippen molar-refractivity contribution in [2.24, 2.45) is 0 Å². The van der Waals surface area contributed by atoms with E-state index >= 15 is 0 Å². The van der Waals surface area contributed by atoms with Gasteiger partial charge in [0.05, 0.1) is 10.5 Å². The number of carbonyl (C=O) groups is 4. The van der Waals surface area contributed by atoms with Crippen molar-refractivity contribution in [3.63, 3.8) is 0 Å². The molecule has 2 aromatic carbocycles. The quantitative estimate of drug-likeness (QED) is 0.0507. The van der Waals surface area contributed by atoms with Crippen LogP contribution in [0.5, 0.6) is 0 Å². The first-order valence-electron chi connectivity index (χ1n) is 16.8. The predicted octanol–water partition coefficient (Wildman–Crippen LogP) is 8.37. The zero-order chi connectivity index (χ0) is 34.9. The molecule has 258 valence electrons. The van der Waals surface area contributed by atoms with E-state index in [9.17, 15) is 19.2 Å². The van der Waals surface area contributed by atoms with Crippen molar-refractivity contribution in [1.82, 2.24) is 10.6 Å². The van der Waals surface area contributed by atoms with Gasteiger partial charge in [-0.1, -0.05) is 103 Å². The fourth-order valence-corrected chi connectivity index (χ4v) is 7.18. The Bertz CT molecular complexity index is 1570. The van der Waals surface area contributed by atoms with Crippen LogP contribution in [-0.4, -0.2) is 37.2 Å². The van der Waals surface area contributed by atoms with E-state index in [0.717, 1.165) is 61.2 Å². The number of hydrogen-bond acceptors (Lipinski definition) is 6. The first-order valence-corrected chi connectivity index (χ1v) is 19.0. The van der Waals surface area contributed by atoms with Crippen molar-refractivity contribution in [1.29, 1.82) is 0 Å². The lowest BCUT2D eigenvalue weighted by Crippen LogP contribution is -2.27. The number of unbranched alkanes of at least 4 members (excludes halogenated alkanes) is 5. The Hall–Kier alpha value is -4.46. The maximum absolute atomic E-state index is 12.9. The Morgan fingerprint density at radius 2 is 1.49 bits per heavy atom. The van der Waals surface area contributed by atoms with Crippen molar-refractivity contribution >= 4 is 57.1 Å². The molecule has 4 rings (SSSR count). The number of para-hydroxylation sites is 2. The zero-order valence-electron chi connectivity index (χ0n) is 28.1. The number of carbonyl (C=O) groups excluding carboxylic acids is 4. The molecule has 0 saturated carbocycles. The molecule has 2 aromatic rings. The number of benzene rings is 2. The summed E-state index contributed by atoms with van der Waals surface area (Å²) in [4.78, 5) is 49.3. The van der Waals surface area contributed by atoms with Gasteiger partial charge in [0.15, 0.2) is 0 Å². The SMILES string of the molecule is CCCCCCNC(=O)C1=C(SSC2=C=C=CC=C2C(=O)NCCCCCC(=O)Nc2ccccc2)CCC=C1.O=CNc1ccccc1. The van der Waals surface area contributed by atoms with Crippen LogP contribution >= 0.6 is 21.6 Å². The van der Waals surface area contributed by atoms with Crippen LogP contribution in [0.4, 0.5) is 11.4 Å². The molecule has 2 aliphatic rings. The number of anilines is 2. The summed E-state index contributed by atoms with van der Waals surface area (Å²) in [7, 11) is 2.96. The molecule has 49 heavy (non-hydrogen) atoms. The van der Waals surface area contributed by atoms with Crippen molar-refractivity contribution < 1.29 is 19.2 Å². The predicted molar refractivity (Wildman–Crippen MR) is 204 cm³/mol. The van der Waals surface area contributed by atoms with Crippen molar-refractivity contribution in [2.45, 2.75) is 71.1 Å². The average Bonchev–Trinajstić information content (AvgIpc) is 3.13. The highest BCUT2D eigenvalue weighted by Gasteiger charge is 2.20. The molecular formula is C39H46N4O4S2. The third-order valence-electron chi connectivity index (χ3n) is 7.34. The van der Waals surface area contributed by atoms with E-state index in [0.29, 0.717) is 42.0 Å². The number of amides is 4. The summed E-state index contributed by atoms with van der Waals surface area (Å²) < 4.78 is 0. The van der Waals surface area contributed by atoms with Crippen LogP contribution in [0.25, 0.3) is 0 Å². The van der Waals surface area contributed by atoms with Gasteiger partial charge in [-0.05, 0) is 79.3 Å². The van der Waals surface area contributed by atoms with Crippen LogP contribution in [0, 0.1) is 0 Å². The van der Waals surface area contributed by atoms with Gasteiger partial charge in [0.2, 0.25) is 12.3 Å². The summed E-state index contributed by atoms with van der Waals surface area (Å²) in [5, 5.41) is 11.5. The van der Waals surface area contributed by atoms with Crippen LogP contribution in [0.2, 0.25) is 0 Å². The van der Waals surface area contributed by atoms with Crippen LogP contribution < -0.4 is 21.3 Å². The first-order chi connectivity index (χ1) is 24.0. The summed E-state index contributed by atoms with van der Waals surface area (Å²) in [6, 6.07) is 18.7. The lowest BCUT2D eigenvalue weighted by Gasteiger charge is -2.16. The topological polar surface area (TPSA) is 116 Å². The van der Waals surface area contributed by atoms with Gasteiger partial charge in [-0.25, -0.2) is 0 Å². The largest absolute Gasteiger partial charge is 0.352 e. The number of nitrogens with one attached hydrogen (secondary N) is 4. The third-order valence-corrected chi connectivity index (χ3v) is 9.89. The highest BCUT2D eigenvalue weighted by molar-refractivity contribution is 8.79. The molecule has 0 aliphatic heterocycles. The molecule has 10 heteroatoms. The minimum absolute atomic E-state index is 0.00154. The maximum atomic E-state index is 12.9. The lowest BCUT2D eigenvalue weighted by molar-refractivity contribution is -0.118. The molecule has 0 atom stereocenters. The number of rotatable bonds is 19. The fourth-order valence-electron chi connectivity index (χ4n) is 4.72. The van der Waals surface area contributed by atoms with Gasteiger partial charge < -0.3 is 21.3 Å². The maximum Gasteiger partial charge on any atom is 0.253 e. The fraction of sp³-hybridized carbons (Fsp3) is 0.333. The molecule has 0 unspecified atom stereocenters. The minimum atomic E-state index is -0.155. The van der Waals surface area contributed by atoms with Gasteiger partial charge in [0.1, 0.15) is 0 Å². The molecule has 4 amide bonds. The molecule has 0 bridgehead atoms. The van der Waals surface area contributed by atoms with E-state index in [2.05, 4.69) is 39.7 Å². The van der Waals surface area contributed by atoms with Gasteiger partial charge in [-0.2, -0.15) is 0 Å². The van der Waals surface area contributed by atoms with E-state index in [1.165, 1.54) is 34.4 Å². The van der Waals surface area contributed by atoms with Gasteiger partial charge in [0, 0.05) is 41.4 Å². The van der Waals surface area contributed by atoms with Crippen LogP contribution in [-0.2, 0) is 19.2 Å². The van der Waals surface area contributed by atoms with Crippen molar-refractivity contribution in [3.8, 4) is 0 Å². The summed E-state index contributed by atoms with van der Waals surface area (Å²) in [5.74, 6) is -0.186. The van der Waals surface area contributed by atoms with E-state index in [1.54, 1.807) is 12.2 Å². The summed E-state index contributed by atoms with van der Waals surface area (Å²) in [5.41, 5.74) is 8.91. The summed E-state index contributed by atoms with van der Waals surface area (Å²) in [6.45, 7) is 3.40. The lowest BCUT2D eigenvalue weighted by atomic mass is 10.1. The Kier molecular flexibility index (Phi) is 18.9. The van der Waals surface area contributed by atoms with Crippen LogP contribution in [0.3, 0.4) is 0 Å². The van der Waals surface area contributed by atoms with Crippen molar-refractivity contribution in [3.05, 3.63) is 117 Å². The minimum Gasteiger partial charge on any atom is -0.352 e. The van der Waals surface area contributed by atoms with Crippen LogP contribution in [0.15, 0.2) is 117 Å². The Morgan fingerprint density at radius 3 is 2.18 bits per heavy atom. The Labute approximate surface area is 298 Å². The Balaban J connectivity index is 0.000000624.